The number of rotatable bonds is 6. The van der Waals surface area contributed by atoms with Crippen LogP contribution in [-0.2, 0) is 9.59 Å². The van der Waals surface area contributed by atoms with Crippen LogP contribution in [0.2, 0.25) is 0 Å². The summed E-state index contributed by atoms with van der Waals surface area (Å²) in [7, 11) is 0. The van der Waals surface area contributed by atoms with Crippen LogP contribution in [0.1, 0.15) is 68.6 Å². The van der Waals surface area contributed by atoms with Crippen molar-refractivity contribution in [2.75, 3.05) is 19.6 Å². The lowest BCUT2D eigenvalue weighted by Gasteiger charge is -2.34. The molecular weight excluding hydrogens is 372 g/mol. The average Bonchev–Trinajstić information content (AvgIpc) is 3.17. The van der Waals surface area contributed by atoms with Gasteiger partial charge in [-0.1, -0.05) is 5.16 Å². The van der Waals surface area contributed by atoms with Gasteiger partial charge in [0.2, 0.25) is 17.7 Å². The quantitative estimate of drug-likeness (QED) is 0.781. The van der Waals surface area contributed by atoms with E-state index in [9.17, 15) is 18.4 Å². The van der Waals surface area contributed by atoms with Crippen LogP contribution in [0, 0.1) is 0 Å². The third-order valence-corrected chi connectivity index (χ3v) is 5.63. The molecule has 0 unspecified atom stereocenters. The number of alkyl halides is 2. The summed E-state index contributed by atoms with van der Waals surface area (Å²) in [5.41, 5.74) is 6.02. The van der Waals surface area contributed by atoms with Gasteiger partial charge in [0.15, 0.2) is 5.82 Å². The van der Waals surface area contributed by atoms with Crippen molar-refractivity contribution < 1.29 is 22.9 Å². The van der Waals surface area contributed by atoms with Crippen molar-refractivity contribution in [1.29, 1.82) is 0 Å². The van der Waals surface area contributed by atoms with Crippen LogP contribution in [-0.4, -0.2) is 63.4 Å². The van der Waals surface area contributed by atoms with Crippen molar-refractivity contribution in [1.82, 2.24) is 19.9 Å². The monoisotopic (exact) mass is 397 g/mol. The number of piperidine rings is 1. The predicted molar refractivity (Wildman–Crippen MR) is 93.3 cm³/mol. The molecule has 3 heterocycles. The molecular formula is C18H25F2N5O3. The van der Waals surface area contributed by atoms with Crippen LogP contribution in [0.15, 0.2) is 4.52 Å². The second-order valence-corrected chi connectivity index (χ2v) is 8.10. The van der Waals surface area contributed by atoms with Crippen molar-refractivity contribution in [3.05, 3.63) is 11.7 Å². The molecule has 154 valence electrons. The Balaban J connectivity index is 1.34. The van der Waals surface area contributed by atoms with Gasteiger partial charge in [-0.05, 0) is 25.7 Å². The molecule has 2 N–H and O–H groups in total. The van der Waals surface area contributed by atoms with Gasteiger partial charge in [0.25, 0.3) is 5.92 Å². The molecule has 1 aromatic heterocycles. The molecule has 2 atom stereocenters. The van der Waals surface area contributed by atoms with Gasteiger partial charge in [-0.25, -0.2) is 8.78 Å². The zero-order valence-electron chi connectivity index (χ0n) is 15.6. The Bertz CT molecular complexity index is 751. The summed E-state index contributed by atoms with van der Waals surface area (Å²) in [6, 6.07) is -0.961. The van der Waals surface area contributed by atoms with Crippen molar-refractivity contribution in [2.24, 2.45) is 5.73 Å². The van der Waals surface area contributed by atoms with E-state index < -0.39 is 24.9 Å². The number of aromatic nitrogens is 2. The molecule has 0 spiro atoms. The van der Waals surface area contributed by atoms with Gasteiger partial charge in [0.05, 0.1) is 6.54 Å². The number of hydrogen-bond donors (Lipinski definition) is 1. The van der Waals surface area contributed by atoms with Gasteiger partial charge >= 0.3 is 0 Å². The molecule has 4 rings (SSSR count). The maximum Gasteiger partial charge on any atom is 0.265 e. The smallest absolute Gasteiger partial charge is 0.265 e. The average molecular weight is 397 g/mol. The minimum atomic E-state index is -2.89. The van der Waals surface area contributed by atoms with E-state index >= 15 is 0 Å². The fourth-order valence-electron chi connectivity index (χ4n) is 3.96. The first-order valence-electron chi connectivity index (χ1n) is 9.86. The summed E-state index contributed by atoms with van der Waals surface area (Å²) >= 11 is 0. The third kappa shape index (κ3) is 4.16. The second-order valence-electron chi connectivity index (χ2n) is 8.10. The molecule has 10 heteroatoms. The van der Waals surface area contributed by atoms with Crippen LogP contribution in [0.4, 0.5) is 8.78 Å². The van der Waals surface area contributed by atoms with E-state index in [-0.39, 0.29) is 37.2 Å². The lowest BCUT2D eigenvalue weighted by atomic mass is 10.0. The number of amides is 2. The van der Waals surface area contributed by atoms with Gasteiger partial charge in [0.1, 0.15) is 6.04 Å². The SMILES string of the molecule is N[C@H](CC(=O)N1CCC[C@H]1c1nc(C2CC2)no1)CN1CC(F)(F)CCC1=O. The van der Waals surface area contributed by atoms with Crippen molar-refractivity contribution in [3.63, 3.8) is 0 Å². The molecule has 1 saturated carbocycles. The van der Waals surface area contributed by atoms with Crippen LogP contribution >= 0.6 is 0 Å². The number of nitrogens with zero attached hydrogens (tertiary/aromatic N) is 4. The molecule has 3 aliphatic rings. The zero-order chi connectivity index (χ0) is 19.9. The summed E-state index contributed by atoms with van der Waals surface area (Å²) in [6.45, 7) is -0.116. The Kier molecular flexibility index (Phi) is 5.07. The number of hydrogen-bond acceptors (Lipinski definition) is 6. The maximum absolute atomic E-state index is 13.6. The summed E-state index contributed by atoms with van der Waals surface area (Å²) in [6.07, 6.45) is 3.05. The molecule has 3 fully saturated rings. The minimum absolute atomic E-state index is 0.0184. The number of carbonyl (C=O) groups is 2. The zero-order valence-corrected chi connectivity index (χ0v) is 15.6. The van der Waals surface area contributed by atoms with E-state index in [0.717, 1.165) is 30.6 Å². The highest BCUT2D eigenvalue weighted by atomic mass is 19.3. The second kappa shape index (κ2) is 7.38. The van der Waals surface area contributed by atoms with E-state index in [4.69, 9.17) is 10.3 Å². The Morgan fingerprint density at radius 1 is 1.36 bits per heavy atom. The standard InChI is InChI=1S/C18H25F2N5O3/c19-18(20)6-5-14(26)24(10-18)9-12(21)8-15(27)25-7-1-2-13(25)17-22-16(23-28-17)11-3-4-11/h11-13H,1-10,21H2/t12-,13+/m1/s1. The summed E-state index contributed by atoms with van der Waals surface area (Å²) < 4.78 is 32.5. The third-order valence-electron chi connectivity index (χ3n) is 5.63. The summed E-state index contributed by atoms with van der Waals surface area (Å²) in [4.78, 5) is 31.8. The van der Waals surface area contributed by atoms with Crippen molar-refractivity contribution in [2.45, 2.75) is 68.9 Å². The fourth-order valence-corrected chi connectivity index (χ4v) is 3.96. The molecule has 0 aromatic carbocycles. The molecule has 1 aromatic rings. The Hall–Kier alpha value is -2.10. The first kappa shape index (κ1) is 19.2. The fraction of sp³-hybridized carbons (Fsp3) is 0.778. The van der Waals surface area contributed by atoms with Crippen LogP contribution in [0.25, 0.3) is 0 Å². The number of likely N-dealkylation sites (tertiary alicyclic amines) is 2. The lowest BCUT2D eigenvalue weighted by molar-refractivity contribution is -0.148. The molecule has 1 aliphatic carbocycles. The highest BCUT2D eigenvalue weighted by Crippen LogP contribution is 2.40. The Labute approximate surface area is 161 Å². The van der Waals surface area contributed by atoms with E-state index in [1.807, 2.05) is 0 Å². The maximum atomic E-state index is 13.6. The van der Waals surface area contributed by atoms with Gasteiger partial charge in [-0.3, -0.25) is 9.59 Å². The van der Waals surface area contributed by atoms with E-state index in [1.54, 1.807) is 4.90 Å². The van der Waals surface area contributed by atoms with Gasteiger partial charge in [-0.2, -0.15) is 4.98 Å². The molecule has 0 bridgehead atoms. The van der Waals surface area contributed by atoms with Gasteiger partial charge < -0.3 is 20.1 Å². The molecule has 2 saturated heterocycles. The molecule has 2 aliphatic heterocycles. The van der Waals surface area contributed by atoms with Gasteiger partial charge in [-0.15, -0.1) is 0 Å². The van der Waals surface area contributed by atoms with E-state index in [1.165, 1.54) is 0 Å². The number of nitrogens with two attached hydrogens (primary N) is 1. The number of carbonyl (C=O) groups excluding carboxylic acids is 2. The number of halogens is 2. The van der Waals surface area contributed by atoms with Crippen molar-refractivity contribution >= 4 is 11.8 Å². The molecule has 0 radical (unpaired) electrons. The molecule has 2 amide bonds. The highest BCUT2D eigenvalue weighted by molar-refractivity contribution is 5.79. The first-order valence-corrected chi connectivity index (χ1v) is 9.86. The summed E-state index contributed by atoms with van der Waals surface area (Å²) in [5.74, 6) is -1.89. The van der Waals surface area contributed by atoms with Crippen LogP contribution in [0.5, 0.6) is 0 Å². The van der Waals surface area contributed by atoms with E-state index in [0.29, 0.717) is 24.2 Å². The van der Waals surface area contributed by atoms with Gasteiger partial charge in [0, 0.05) is 44.3 Å². The van der Waals surface area contributed by atoms with Crippen LogP contribution < -0.4 is 5.73 Å². The van der Waals surface area contributed by atoms with E-state index in [2.05, 4.69) is 10.1 Å². The highest BCUT2D eigenvalue weighted by Gasteiger charge is 2.40. The minimum Gasteiger partial charge on any atom is -0.337 e. The topological polar surface area (TPSA) is 106 Å². The van der Waals surface area contributed by atoms with Crippen LogP contribution in [0.3, 0.4) is 0 Å². The molecule has 28 heavy (non-hydrogen) atoms. The predicted octanol–water partition coefficient (Wildman–Crippen LogP) is 1.59. The Morgan fingerprint density at radius 2 is 2.14 bits per heavy atom. The first-order chi connectivity index (χ1) is 13.3. The molecule has 8 nitrogen and oxygen atoms in total. The lowest BCUT2D eigenvalue weighted by Crippen LogP contribution is -2.51. The van der Waals surface area contributed by atoms with Crippen molar-refractivity contribution in [3.8, 4) is 0 Å². The Morgan fingerprint density at radius 3 is 2.89 bits per heavy atom. The summed E-state index contributed by atoms with van der Waals surface area (Å²) in [5, 5.41) is 4.01. The normalized spacial score (nSPS) is 26.0. The largest absolute Gasteiger partial charge is 0.337 e.